The number of thioether (sulfide) groups is 1. The van der Waals surface area contributed by atoms with Crippen molar-refractivity contribution in [1.82, 2.24) is 0 Å². The van der Waals surface area contributed by atoms with E-state index < -0.39 is 5.97 Å². The van der Waals surface area contributed by atoms with E-state index in [1.807, 2.05) is 44.2 Å². The van der Waals surface area contributed by atoms with Crippen molar-refractivity contribution in [3.8, 4) is 17.1 Å². The first-order valence-corrected chi connectivity index (χ1v) is 9.11. The number of hydrogen-bond acceptors (Lipinski definition) is 5. The largest absolute Gasteiger partial charge is 0.491 e. The van der Waals surface area contributed by atoms with Crippen molar-refractivity contribution in [1.29, 1.82) is 0 Å². The van der Waals surface area contributed by atoms with Gasteiger partial charge < -0.3 is 14.3 Å². The number of aliphatic imine (C=N–C) groups is 2. The first-order chi connectivity index (χ1) is 12.4. The lowest BCUT2D eigenvalue weighted by molar-refractivity contribution is -0.133. The maximum atomic E-state index is 10.6. The second-order valence-electron chi connectivity index (χ2n) is 5.72. The highest BCUT2D eigenvalue weighted by atomic mass is 32.2. The van der Waals surface area contributed by atoms with E-state index in [4.69, 9.17) is 14.3 Å². The fourth-order valence-electron chi connectivity index (χ4n) is 2.17. The number of furan rings is 1. The van der Waals surface area contributed by atoms with Crippen LogP contribution in [0.5, 0.6) is 5.75 Å². The molecular formula is C19H22N2O4S. The minimum atomic E-state index is -0.886. The van der Waals surface area contributed by atoms with Gasteiger partial charge in [0, 0.05) is 12.6 Å². The van der Waals surface area contributed by atoms with Crippen LogP contribution in [0.3, 0.4) is 0 Å². The minimum absolute atomic E-state index is 0.0433. The van der Waals surface area contributed by atoms with Gasteiger partial charge in [-0.1, -0.05) is 23.9 Å². The fourth-order valence-corrected chi connectivity index (χ4v) is 2.65. The Labute approximate surface area is 157 Å². The molecule has 0 bridgehead atoms. The fraction of sp³-hybridized carbons (Fsp3) is 0.316. The number of carboxylic acid groups (broad SMARTS) is 1. The topological polar surface area (TPSA) is 84.4 Å². The lowest BCUT2D eigenvalue weighted by Crippen LogP contribution is -2.05. The molecule has 0 unspecified atom stereocenters. The third-order valence-corrected chi connectivity index (χ3v) is 4.10. The van der Waals surface area contributed by atoms with Crippen LogP contribution in [0.15, 0.2) is 50.8 Å². The van der Waals surface area contributed by atoms with E-state index in [1.54, 1.807) is 20.0 Å². The zero-order chi connectivity index (χ0) is 19.1. The van der Waals surface area contributed by atoms with Crippen LogP contribution in [0.4, 0.5) is 0 Å². The van der Waals surface area contributed by atoms with Gasteiger partial charge in [0.25, 0.3) is 0 Å². The molecule has 0 amide bonds. The number of aliphatic carboxylic acids is 1. The predicted molar refractivity (Wildman–Crippen MR) is 106 cm³/mol. The summed E-state index contributed by atoms with van der Waals surface area (Å²) in [5.41, 5.74) is 0.894. The lowest BCUT2D eigenvalue weighted by atomic mass is 10.1. The molecular weight excluding hydrogens is 352 g/mol. The van der Waals surface area contributed by atoms with Gasteiger partial charge in [0.15, 0.2) is 11.6 Å². The van der Waals surface area contributed by atoms with E-state index >= 15 is 0 Å². The van der Waals surface area contributed by atoms with Gasteiger partial charge in [-0.2, -0.15) is 0 Å². The van der Waals surface area contributed by atoms with Crippen LogP contribution in [0.1, 0.15) is 26.5 Å². The van der Waals surface area contributed by atoms with Crippen molar-refractivity contribution in [2.75, 3.05) is 12.8 Å². The molecule has 1 aromatic carbocycles. The van der Waals surface area contributed by atoms with E-state index in [0.29, 0.717) is 22.4 Å². The van der Waals surface area contributed by atoms with E-state index in [1.165, 1.54) is 0 Å². The Balaban J connectivity index is 2.20. The van der Waals surface area contributed by atoms with Crippen LogP contribution in [-0.4, -0.2) is 40.9 Å². The van der Waals surface area contributed by atoms with E-state index in [0.717, 1.165) is 23.1 Å². The monoisotopic (exact) mass is 374 g/mol. The van der Waals surface area contributed by atoms with Gasteiger partial charge in [-0.15, -0.1) is 0 Å². The van der Waals surface area contributed by atoms with Gasteiger partial charge in [0.2, 0.25) is 0 Å². The highest BCUT2D eigenvalue weighted by Crippen LogP contribution is 2.27. The highest BCUT2D eigenvalue weighted by molar-refractivity contribution is 8.14. The van der Waals surface area contributed by atoms with E-state index in [2.05, 4.69) is 9.98 Å². The second-order valence-corrected chi connectivity index (χ2v) is 6.89. The summed E-state index contributed by atoms with van der Waals surface area (Å²) in [5, 5.41) is 9.35. The van der Waals surface area contributed by atoms with Crippen molar-refractivity contribution in [2.24, 2.45) is 9.98 Å². The number of carbonyl (C=O) groups is 1. The Morgan fingerprint density at radius 1 is 1.31 bits per heavy atom. The van der Waals surface area contributed by atoms with Crippen LogP contribution in [0.2, 0.25) is 0 Å². The summed E-state index contributed by atoms with van der Waals surface area (Å²) in [6, 6.07) is 11.3. The van der Waals surface area contributed by atoms with Gasteiger partial charge in [0.1, 0.15) is 11.5 Å². The Bertz CT molecular complexity index is 824. The molecule has 7 heteroatoms. The van der Waals surface area contributed by atoms with E-state index in [9.17, 15) is 4.79 Å². The summed E-state index contributed by atoms with van der Waals surface area (Å²) in [6.45, 7) is 5.70. The molecule has 6 nitrogen and oxygen atoms in total. The van der Waals surface area contributed by atoms with Gasteiger partial charge in [0.05, 0.1) is 16.9 Å². The van der Waals surface area contributed by atoms with Crippen LogP contribution >= 0.6 is 11.8 Å². The third kappa shape index (κ3) is 5.77. The Morgan fingerprint density at radius 2 is 2.08 bits per heavy atom. The molecule has 2 aromatic rings. The average Bonchev–Trinajstić information content (AvgIpc) is 3.07. The molecule has 0 aliphatic rings. The number of hydrogen-bond donors (Lipinski definition) is 1. The Hall–Kier alpha value is -2.54. The molecule has 2 rings (SSSR count). The molecule has 26 heavy (non-hydrogen) atoms. The zero-order valence-electron chi connectivity index (χ0n) is 15.2. The van der Waals surface area contributed by atoms with Crippen molar-refractivity contribution in [2.45, 2.75) is 26.9 Å². The van der Waals surface area contributed by atoms with Crippen molar-refractivity contribution in [3.63, 3.8) is 0 Å². The summed E-state index contributed by atoms with van der Waals surface area (Å²) in [7, 11) is 1.62. The van der Waals surface area contributed by atoms with Gasteiger partial charge >= 0.3 is 5.97 Å². The zero-order valence-corrected chi connectivity index (χ0v) is 16.0. The SMILES string of the molecule is CN=C(N=C(C)SCC(=O)O)c1ccc(-c2cccc(OC(C)C)c2)o1. The van der Waals surface area contributed by atoms with E-state index in [-0.39, 0.29) is 11.9 Å². The Kier molecular flexibility index (Phi) is 7.03. The summed E-state index contributed by atoms with van der Waals surface area (Å²) in [5.74, 6) is 1.47. The number of rotatable bonds is 6. The molecule has 0 radical (unpaired) electrons. The molecule has 0 fully saturated rings. The Morgan fingerprint density at radius 3 is 2.73 bits per heavy atom. The summed E-state index contributed by atoms with van der Waals surface area (Å²) in [4.78, 5) is 19.1. The molecule has 1 N–H and O–H groups in total. The van der Waals surface area contributed by atoms with Crippen LogP contribution < -0.4 is 4.74 Å². The van der Waals surface area contributed by atoms with Crippen molar-refractivity contribution in [3.05, 3.63) is 42.2 Å². The molecule has 0 atom stereocenters. The second kappa shape index (κ2) is 9.24. The first-order valence-electron chi connectivity index (χ1n) is 8.13. The maximum absolute atomic E-state index is 10.6. The normalized spacial score (nSPS) is 12.5. The van der Waals surface area contributed by atoms with Crippen LogP contribution in [0.25, 0.3) is 11.3 Å². The van der Waals surface area contributed by atoms with Gasteiger partial charge in [-0.05, 0) is 45.0 Å². The smallest absolute Gasteiger partial charge is 0.313 e. The molecule has 0 aliphatic carbocycles. The number of benzene rings is 1. The average molecular weight is 374 g/mol. The molecule has 1 heterocycles. The van der Waals surface area contributed by atoms with Gasteiger partial charge in [-0.3, -0.25) is 9.79 Å². The summed E-state index contributed by atoms with van der Waals surface area (Å²) in [6.07, 6.45) is 0.0943. The third-order valence-electron chi connectivity index (χ3n) is 3.20. The first kappa shape index (κ1) is 19.8. The maximum Gasteiger partial charge on any atom is 0.313 e. The van der Waals surface area contributed by atoms with Crippen molar-refractivity contribution < 1.29 is 19.1 Å². The highest BCUT2D eigenvalue weighted by Gasteiger charge is 2.11. The standard InChI is InChI=1S/C19H22N2O4S/c1-12(2)24-15-7-5-6-14(10-15)16-8-9-17(25-16)19(20-4)21-13(3)26-11-18(22)23/h5-10,12H,11H2,1-4H3,(H,22,23). The van der Waals surface area contributed by atoms with Crippen LogP contribution in [-0.2, 0) is 4.79 Å². The molecule has 138 valence electrons. The quantitative estimate of drug-likeness (QED) is 0.600. The molecule has 0 spiro atoms. The summed E-state index contributed by atoms with van der Waals surface area (Å²) < 4.78 is 11.6. The van der Waals surface area contributed by atoms with Gasteiger partial charge in [-0.25, -0.2) is 4.99 Å². The molecule has 1 aromatic heterocycles. The molecule has 0 saturated carbocycles. The van der Waals surface area contributed by atoms with Crippen molar-refractivity contribution >= 4 is 28.6 Å². The number of carboxylic acids is 1. The number of ether oxygens (including phenoxy) is 1. The number of nitrogens with zero attached hydrogens (tertiary/aromatic N) is 2. The van der Waals surface area contributed by atoms with Crippen LogP contribution in [0, 0.1) is 0 Å². The molecule has 0 saturated heterocycles. The lowest BCUT2D eigenvalue weighted by Gasteiger charge is -2.10. The number of amidine groups is 1. The minimum Gasteiger partial charge on any atom is -0.491 e. The molecule has 0 aliphatic heterocycles. The predicted octanol–water partition coefficient (Wildman–Crippen LogP) is 4.35. The summed E-state index contributed by atoms with van der Waals surface area (Å²) >= 11 is 1.15.